The van der Waals surface area contributed by atoms with Crippen LogP contribution < -0.4 is 5.32 Å². The van der Waals surface area contributed by atoms with Gasteiger partial charge in [0.2, 0.25) is 0 Å². The van der Waals surface area contributed by atoms with Crippen molar-refractivity contribution in [3.8, 4) is 0 Å². The maximum atomic E-state index is 13.9. The van der Waals surface area contributed by atoms with E-state index in [1.54, 1.807) is 6.92 Å². The van der Waals surface area contributed by atoms with Crippen molar-refractivity contribution in [2.45, 2.75) is 25.9 Å². The van der Waals surface area contributed by atoms with Crippen LogP contribution in [0, 0.1) is 5.92 Å². The van der Waals surface area contributed by atoms with Gasteiger partial charge in [-0.05, 0) is 26.9 Å². The lowest BCUT2D eigenvalue weighted by Gasteiger charge is -2.34. The van der Waals surface area contributed by atoms with Crippen molar-refractivity contribution in [3.63, 3.8) is 0 Å². The Morgan fingerprint density at radius 1 is 1.59 bits per heavy atom. The highest BCUT2D eigenvalue weighted by Gasteiger charge is 2.30. The van der Waals surface area contributed by atoms with Crippen LogP contribution in [0.15, 0.2) is 0 Å². The summed E-state index contributed by atoms with van der Waals surface area (Å²) in [6, 6.07) is 0. The van der Waals surface area contributed by atoms with Gasteiger partial charge in [-0.2, -0.15) is 0 Å². The fourth-order valence-corrected chi connectivity index (χ4v) is 2.15. The summed E-state index contributed by atoms with van der Waals surface area (Å²) in [5.41, 5.74) is 0. The topological polar surface area (TPSA) is 41.6 Å². The molecule has 17 heavy (non-hydrogen) atoms. The van der Waals surface area contributed by atoms with Crippen LogP contribution in [0.5, 0.6) is 0 Å². The Morgan fingerprint density at radius 2 is 2.35 bits per heavy atom. The van der Waals surface area contributed by atoms with Gasteiger partial charge < -0.3 is 10.1 Å². The van der Waals surface area contributed by atoms with Crippen molar-refractivity contribution in [1.29, 1.82) is 0 Å². The van der Waals surface area contributed by atoms with Crippen molar-refractivity contribution >= 4 is 5.97 Å². The van der Waals surface area contributed by atoms with E-state index in [1.165, 1.54) is 0 Å². The molecule has 1 rings (SSSR count). The van der Waals surface area contributed by atoms with E-state index < -0.39 is 6.17 Å². The third-order valence-electron chi connectivity index (χ3n) is 3.17. The van der Waals surface area contributed by atoms with Crippen molar-refractivity contribution in [1.82, 2.24) is 10.2 Å². The highest BCUT2D eigenvalue weighted by molar-refractivity contribution is 5.69. The smallest absolute Gasteiger partial charge is 0.306 e. The summed E-state index contributed by atoms with van der Waals surface area (Å²) in [5.74, 6) is -0.441. The summed E-state index contributed by atoms with van der Waals surface area (Å²) in [6.45, 7) is 5.18. The van der Waals surface area contributed by atoms with Crippen molar-refractivity contribution < 1.29 is 13.9 Å². The molecule has 1 fully saturated rings. The van der Waals surface area contributed by atoms with E-state index in [-0.39, 0.29) is 18.3 Å². The fraction of sp³-hybridized carbons (Fsp3) is 0.917. The number of hydrogen-bond acceptors (Lipinski definition) is 4. The predicted octanol–water partition coefficient (Wildman–Crippen LogP) is 0.819. The van der Waals surface area contributed by atoms with Gasteiger partial charge in [0.15, 0.2) is 0 Å². The molecule has 4 nitrogen and oxygen atoms in total. The number of halogens is 1. The Labute approximate surface area is 102 Å². The number of esters is 1. The molecule has 0 aromatic rings. The number of ether oxygens (including phenoxy) is 1. The summed E-state index contributed by atoms with van der Waals surface area (Å²) >= 11 is 0. The molecule has 0 amide bonds. The third kappa shape index (κ3) is 5.00. The molecule has 0 aromatic heterocycles. The molecule has 100 valence electrons. The molecule has 0 saturated carbocycles. The second-order valence-corrected chi connectivity index (χ2v) is 4.48. The number of nitrogens with zero attached hydrogens (tertiary/aromatic N) is 1. The van der Waals surface area contributed by atoms with E-state index in [4.69, 9.17) is 4.74 Å². The monoisotopic (exact) mass is 246 g/mol. The lowest BCUT2D eigenvalue weighted by Crippen LogP contribution is -2.44. The summed E-state index contributed by atoms with van der Waals surface area (Å²) in [5, 5.41) is 3.05. The lowest BCUT2D eigenvalue weighted by molar-refractivity contribution is -0.145. The molecule has 5 heteroatoms. The number of hydrogen-bond donors (Lipinski definition) is 1. The highest BCUT2D eigenvalue weighted by Crippen LogP contribution is 2.23. The Hall–Kier alpha value is -0.680. The molecular weight excluding hydrogens is 223 g/mol. The minimum Gasteiger partial charge on any atom is -0.466 e. The molecule has 0 spiro atoms. The molecule has 1 aliphatic heterocycles. The van der Waals surface area contributed by atoms with Crippen LogP contribution in [0.3, 0.4) is 0 Å². The quantitative estimate of drug-likeness (QED) is 0.705. The third-order valence-corrected chi connectivity index (χ3v) is 3.17. The van der Waals surface area contributed by atoms with Crippen LogP contribution >= 0.6 is 0 Å². The number of alkyl halides is 1. The molecule has 0 bridgehead atoms. The highest BCUT2D eigenvalue weighted by atomic mass is 19.1. The second-order valence-electron chi connectivity index (χ2n) is 4.48. The summed E-state index contributed by atoms with van der Waals surface area (Å²) in [6.07, 6.45) is 0.0449. The minimum atomic E-state index is -0.912. The molecule has 2 atom stereocenters. The minimum absolute atomic E-state index is 0.167. The molecule has 1 N–H and O–H groups in total. The van der Waals surface area contributed by atoms with Gasteiger partial charge in [0.1, 0.15) is 6.17 Å². The van der Waals surface area contributed by atoms with E-state index in [9.17, 15) is 9.18 Å². The first-order valence-electron chi connectivity index (χ1n) is 6.34. The maximum absolute atomic E-state index is 13.9. The van der Waals surface area contributed by atoms with Gasteiger partial charge in [-0.25, -0.2) is 4.39 Å². The van der Waals surface area contributed by atoms with Crippen LogP contribution in [-0.4, -0.2) is 56.9 Å². The summed E-state index contributed by atoms with van der Waals surface area (Å²) in [7, 11) is 1.89. The number of carbonyl (C=O) groups is 1. The Bertz CT molecular complexity index is 239. The second kappa shape index (κ2) is 7.61. The Balaban J connectivity index is 2.29. The van der Waals surface area contributed by atoms with Crippen molar-refractivity contribution in [2.75, 3.05) is 39.8 Å². The van der Waals surface area contributed by atoms with Gasteiger partial charge in [-0.15, -0.1) is 0 Å². The zero-order valence-corrected chi connectivity index (χ0v) is 10.7. The van der Waals surface area contributed by atoms with Crippen LogP contribution in [0.1, 0.15) is 19.8 Å². The first-order valence-corrected chi connectivity index (χ1v) is 6.34. The van der Waals surface area contributed by atoms with Crippen molar-refractivity contribution in [2.24, 2.45) is 5.92 Å². The van der Waals surface area contributed by atoms with E-state index in [0.29, 0.717) is 13.2 Å². The zero-order valence-electron chi connectivity index (χ0n) is 10.7. The normalized spacial score (nSPS) is 25.8. The van der Waals surface area contributed by atoms with Gasteiger partial charge in [0, 0.05) is 25.6 Å². The number of rotatable bonds is 6. The molecule has 0 aromatic carbocycles. The van der Waals surface area contributed by atoms with E-state index in [2.05, 4.69) is 10.2 Å². The fourth-order valence-electron chi connectivity index (χ4n) is 2.15. The van der Waals surface area contributed by atoms with Crippen LogP contribution in [0.25, 0.3) is 0 Å². The summed E-state index contributed by atoms with van der Waals surface area (Å²) < 4.78 is 18.7. The Morgan fingerprint density at radius 3 is 2.94 bits per heavy atom. The molecule has 2 unspecified atom stereocenters. The van der Waals surface area contributed by atoms with Crippen LogP contribution in [0.2, 0.25) is 0 Å². The first-order chi connectivity index (χ1) is 8.17. The molecule has 0 aliphatic carbocycles. The number of likely N-dealkylation sites (tertiary alicyclic amines) is 1. The standard InChI is InChI=1S/C12H23FN2O2/c1-3-17-12(16)8-10-4-6-15(7-5-14-2)9-11(10)13/h10-11,14H,3-9H2,1-2H3. The lowest BCUT2D eigenvalue weighted by atomic mass is 9.92. The number of carbonyl (C=O) groups excluding carboxylic acids is 1. The van der Waals surface area contributed by atoms with E-state index in [1.807, 2.05) is 7.05 Å². The molecule has 0 radical (unpaired) electrons. The molecule has 1 aliphatic rings. The predicted molar refractivity (Wildman–Crippen MR) is 64.6 cm³/mol. The molecule has 1 saturated heterocycles. The SMILES string of the molecule is CCOC(=O)CC1CCN(CCNC)CC1F. The number of nitrogens with one attached hydrogen (secondary N) is 1. The average Bonchev–Trinajstić information content (AvgIpc) is 2.30. The van der Waals surface area contributed by atoms with Gasteiger partial charge in [-0.3, -0.25) is 9.69 Å². The van der Waals surface area contributed by atoms with Crippen LogP contribution in [-0.2, 0) is 9.53 Å². The number of piperidine rings is 1. The van der Waals surface area contributed by atoms with Gasteiger partial charge in [-0.1, -0.05) is 0 Å². The first kappa shape index (κ1) is 14.4. The average molecular weight is 246 g/mol. The largest absolute Gasteiger partial charge is 0.466 e. The zero-order chi connectivity index (χ0) is 12.7. The van der Waals surface area contributed by atoms with Gasteiger partial charge in [0.25, 0.3) is 0 Å². The van der Waals surface area contributed by atoms with E-state index >= 15 is 0 Å². The van der Waals surface area contributed by atoms with Gasteiger partial charge in [0.05, 0.1) is 13.0 Å². The number of likely N-dealkylation sites (N-methyl/N-ethyl adjacent to an activating group) is 1. The van der Waals surface area contributed by atoms with E-state index in [0.717, 1.165) is 26.1 Å². The maximum Gasteiger partial charge on any atom is 0.306 e. The molecule has 1 heterocycles. The Kier molecular flexibility index (Phi) is 6.44. The molecular formula is C12H23FN2O2. The van der Waals surface area contributed by atoms with Gasteiger partial charge >= 0.3 is 5.97 Å². The van der Waals surface area contributed by atoms with Crippen molar-refractivity contribution in [3.05, 3.63) is 0 Å². The summed E-state index contributed by atoms with van der Waals surface area (Å²) in [4.78, 5) is 13.4. The van der Waals surface area contributed by atoms with Crippen LogP contribution in [0.4, 0.5) is 4.39 Å².